The number of fused-ring (bicyclic) bond motifs is 1. The van der Waals surface area contributed by atoms with E-state index in [0.717, 1.165) is 35.7 Å². The maximum Gasteiger partial charge on any atom is 0.174 e. The lowest BCUT2D eigenvalue weighted by atomic mass is 9.92. The summed E-state index contributed by atoms with van der Waals surface area (Å²) in [5, 5.41) is 4.49. The molecule has 3 aromatic carbocycles. The average Bonchev–Trinajstić information content (AvgIpc) is 2.87. The standard InChI is InChI=1S/C26H27ClN2O4S/c1-30-18-8-10-19(11-9-18)33-16-23-20-15-25(32-3)24(31-2)14-17(20)12-13-29(23)26(34)28-22-7-5-4-6-21(22)27/h4-11,14-15,23H,12-13,16H2,1-3H3,(H,28,34)/t23-/m0/s1. The predicted octanol–water partition coefficient (Wildman–Crippen LogP) is 5.74. The summed E-state index contributed by atoms with van der Waals surface area (Å²) in [6.07, 6.45) is 0.805. The number of thiocarbonyl (C=S) groups is 1. The molecule has 0 aromatic heterocycles. The molecule has 1 aliphatic heterocycles. The van der Waals surface area contributed by atoms with Crippen molar-refractivity contribution in [2.45, 2.75) is 12.5 Å². The van der Waals surface area contributed by atoms with Crippen LogP contribution < -0.4 is 24.3 Å². The first-order chi connectivity index (χ1) is 16.5. The van der Waals surface area contributed by atoms with Crippen LogP contribution >= 0.6 is 23.8 Å². The monoisotopic (exact) mass is 498 g/mol. The van der Waals surface area contributed by atoms with Crippen molar-refractivity contribution in [2.24, 2.45) is 0 Å². The minimum atomic E-state index is -0.145. The number of hydrogen-bond acceptors (Lipinski definition) is 5. The van der Waals surface area contributed by atoms with Crippen molar-refractivity contribution in [1.29, 1.82) is 0 Å². The molecule has 0 aliphatic carbocycles. The summed E-state index contributed by atoms with van der Waals surface area (Å²) < 4.78 is 22.6. The molecule has 0 amide bonds. The van der Waals surface area contributed by atoms with Gasteiger partial charge in [0.1, 0.15) is 18.1 Å². The minimum Gasteiger partial charge on any atom is -0.497 e. The molecule has 1 aliphatic rings. The zero-order valence-corrected chi connectivity index (χ0v) is 20.9. The van der Waals surface area contributed by atoms with Gasteiger partial charge >= 0.3 is 0 Å². The first-order valence-corrected chi connectivity index (χ1v) is 11.7. The van der Waals surface area contributed by atoms with Gasteiger partial charge in [-0.1, -0.05) is 23.7 Å². The minimum absolute atomic E-state index is 0.145. The van der Waals surface area contributed by atoms with Crippen LogP contribution in [0.4, 0.5) is 5.69 Å². The van der Waals surface area contributed by atoms with E-state index < -0.39 is 0 Å². The van der Waals surface area contributed by atoms with E-state index >= 15 is 0 Å². The number of benzene rings is 3. The van der Waals surface area contributed by atoms with Crippen LogP contribution in [0.25, 0.3) is 0 Å². The van der Waals surface area contributed by atoms with E-state index in [0.29, 0.717) is 28.2 Å². The topological polar surface area (TPSA) is 52.2 Å². The zero-order valence-electron chi connectivity index (χ0n) is 19.3. The Morgan fingerprint density at radius 1 is 0.971 bits per heavy atom. The Hall–Kier alpha value is -3.16. The third-order valence-corrected chi connectivity index (χ3v) is 6.51. The molecular weight excluding hydrogens is 472 g/mol. The van der Waals surface area contributed by atoms with Crippen LogP contribution in [-0.4, -0.2) is 44.5 Å². The third-order valence-electron chi connectivity index (χ3n) is 5.85. The van der Waals surface area contributed by atoms with Gasteiger partial charge in [-0.05, 0) is 78.3 Å². The van der Waals surface area contributed by atoms with E-state index in [1.807, 2.05) is 60.7 Å². The van der Waals surface area contributed by atoms with Gasteiger partial charge in [-0.2, -0.15) is 0 Å². The molecule has 0 saturated heterocycles. The van der Waals surface area contributed by atoms with Crippen LogP contribution in [0.1, 0.15) is 17.2 Å². The Morgan fingerprint density at radius 2 is 1.65 bits per heavy atom. The maximum absolute atomic E-state index is 6.36. The number of methoxy groups -OCH3 is 3. The smallest absolute Gasteiger partial charge is 0.174 e. The Morgan fingerprint density at radius 3 is 2.32 bits per heavy atom. The Bertz CT molecular complexity index is 1160. The van der Waals surface area contributed by atoms with E-state index in [9.17, 15) is 0 Å². The molecule has 6 nitrogen and oxygen atoms in total. The van der Waals surface area contributed by atoms with E-state index in [1.54, 1.807) is 21.3 Å². The van der Waals surface area contributed by atoms with Crippen molar-refractivity contribution < 1.29 is 18.9 Å². The number of ether oxygens (including phenoxy) is 4. The molecule has 8 heteroatoms. The van der Waals surface area contributed by atoms with Gasteiger partial charge in [-0.15, -0.1) is 0 Å². The fraction of sp³-hybridized carbons (Fsp3) is 0.269. The predicted molar refractivity (Wildman–Crippen MR) is 139 cm³/mol. The van der Waals surface area contributed by atoms with Gasteiger partial charge in [0.25, 0.3) is 0 Å². The number of hydrogen-bond donors (Lipinski definition) is 1. The highest BCUT2D eigenvalue weighted by molar-refractivity contribution is 7.80. The van der Waals surface area contributed by atoms with Gasteiger partial charge in [-0.3, -0.25) is 0 Å². The summed E-state index contributed by atoms with van der Waals surface area (Å²) in [4.78, 5) is 2.14. The first-order valence-electron chi connectivity index (χ1n) is 10.9. The Balaban J connectivity index is 1.64. The summed E-state index contributed by atoms with van der Waals surface area (Å²) in [6.45, 7) is 1.11. The number of nitrogens with one attached hydrogen (secondary N) is 1. The van der Waals surface area contributed by atoms with Crippen LogP contribution in [0.3, 0.4) is 0 Å². The number of nitrogens with zero attached hydrogens (tertiary/aromatic N) is 1. The van der Waals surface area contributed by atoms with Crippen molar-refractivity contribution in [1.82, 2.24) is 4.90 Å². The van der Waals surface area contributed by atoms with Crippen molar-refractivity contribution in [3.63, 3.8) is 0 Å². The second-order valence-electron chi connectivity index (χ2n) is 7.76. The molecule has 0 fully saturated rings. The van der Waals surface area contributed by atoms with Gasteiger partial charge in [-0.25, -0.2) is 0 Å². The fourth-order valence-corrected chi connectivity index (χ4v) is 4.56. The lowest BCUT2D eigenvalue weighted by Gasteiger charge is -2.39. The Kier molecular flexibility index (Phi) is 7.65. The summed E-state index contributed by atoms with van der Waals surface area (Å²) >= 11 is 12.2. The summed E-state index contributed by atoms with van der Waals surface area (Å²) in [5.41, 5.74) is 3.03. The lowest BCUT2D eigenvalue weighted by Crippen LogP contribution is -2.44. The van der Waals surface area contributed by atoms with Gasteiger partial charge < -0.3 is 29.2 Å². The average molecular weight is 499 g/mol. The Labute approximate surface area is 210 Å². The summed E-state index contributed by atoms with van der Waals surface area (Å²) in [7, 11) is 4.92. The molecule has 1 heterocycles. The number of para-hydroxylation sites is 1. The van der Waals surface area contributed by atoms with Gasteiger partial charge in [0, 0.05) is 6.54 Å². The molecular formula is C26H27ClN2O4S. The molecule has 0 saturated carbocycles. The third kappa shape index (κ3) is 5.16. The molecule has 0 unspecified atom stereocenters. The van der Waals surface area contributed by atoms with Gasteiger partial charge in [0.15, 0.2) is 16.6 Å². The van der Waals surface area contributed by atoms with Crippen molar-refractivity contribution >= 4 is 34.6 Å². The van der Waals surface area contributed by atoms with E-state index in [2.05, 4.69) is 10.2 Å². The summed E-state index contributed by atoms with van der Waals surface area (Å²) in [5.74, 6) is 2.90. The molecule has 178 valence electrons. The van der Waals surface area contributed by atoms with E-state index in [1.165, 1.54) is 5.56 Å². The quantitative estimate of drug-likeness (QED) is 0.417. The number of halogens is 1. The lowest BCUT2D eigenvalue weighted by molar-refractivity contribution is 0.190. The van der Waals surface area contributed by atoms with Crippen molar-refractivity contribution in [3.05, 3.63) is 76.8 Å². The molecule has 34 heavy (non-hydrogen) atoms. The van der Waals surface area contributed by atoms with Crippen LogP contribution in [-0.2, 0) is 6.42 Å². The molecule has 4 rings (SSSR count). The molecule has 0 bridgehead atoms. The van der Waals surface area contributed by atoms with Crippen molar-refractivity contribution in [2.75, 3.05) is 39.8 Å². The highest BCUT2D eigenvalue weighted by Crippen LogP contribution is 2.39. The molecule has 1 atom stereocenters. The van der Waals surface area contributed by atoms with E-state index in [4.69, 9.17) is 42.8 Å². The first kappa shape index (κ1) is 24.0. The van der Waals surface area contributed by atoms with Crippen LogP contribution in [0.5, 0.6) is 23.0 Å². The zero-order chi connectivity index (χ0) is 24.1. The molecule has 0 radical (unpaired) electrons. The normalized spacial score (nSPS) is 14.7. The van der Waals surface area contributed by atoms with E-state index in [-0.39, 0.29) is 6.04 Å². The van der Waals surface area contributed by atoms with Gasteiger partial charge in [0.2, 0.25) is 0 Å². The van der Waals surface area contributed by atoms with Gasteiger partial charge in [0.05, 0.1) is 38.1 Å². The second kappa shape index (κ2) is 10.8. The molecule has 1 N–H and O–H groups in total. The number of rotatable bonds is 7. The highest BCUT2D eigenvalue weighted by atomic mass is 35.5. The van der Waals surface area contributed by atoms with Crippen molar-refractivity contribution in [3.8, 4) is 23.0 Å². The maximum atomic E-state index is 6.36. The van der Waals surface area contributed by atoms with Crippen LogP contribution in [0.15, 0.2) is 60.7 Å². The second-order valence-corrected chi connectivity index (χ2v) is 8.56. The highest BCUT2D eigenvalue weighted by Gasteiger charge is 2.31. The molecule has 0 spiro atoms. The number of anilines is 1. The SMILES string of the molecule is COc1ccc(OC[C@H]2c3cc(OC)c(OC)cc3CCN2C(=S)Nc2ccccc2Cl)cc1. The van der Waals surface area contributed by atoms with Crippen LogP contribution in [0, 0.1) is 0 Å². The van der Waals surface area contributed by atoms with Crippen LogP contribution in [0.2, 0.25) is 5.02 Å². The fourth-order valence-electron chi connectivity index (χ4n) is 4.05. The summed E-state index contributed by atoms with van der Waals surface area (Å²) in [6, 6.07) is 19.0. The molecule has 3 aromatic rings. The largest absolute Gasteiger partial charge is 0.497 e.